The lowest BCUT2D eigenvalue weighted by Crippen LogP contribution is -2.42. The number of nitrogens with one attached hydrogen (secondary N) is 1. The summed E-state index contributed by atoms with van der Waals surface area (Å²) in [5.74, 6) is 1.27. The van der Waals surface area contributed by atoms with Crippen molar-refractivity contribution < 1.29 is 9.53 Å². The molecular weight excluding hydrogens is 300 g/mol. The molecule has 1 aromatic rings. The number of hydrogen-bond acceptors (Lipinski definition) is 3. The van der Waals surface area contributed by atoms with E-state index in [0.717, 1.165) is 51.1 Å². The van der Waals surface area contributed by atoms with Gasteiger partial charge in [-0.3, -0.25) is 4.79 Å². The lowest BCUT2D eigenvalue weighted by atomic mass is 10.1. The maximum Gasteiger partial charge on any atom is 0.222 e. The van der Waals surface area contributed by atoms with Crippen molar-refractivity contribution in [3.05, 3.63) is 29.3 Å². The van der Waals surface area contributed by atoms with Crippen LogP contribution in [-0.4, -0.2) is 43.1 Å². The Balaban J connectivity index is 1.70. The normalized spacial score (nSPS) is 17.0. The van der Waals surface area contributed by atoms with E-state index in [1.165, 1.54) is 11.1 Å². The average Bonchev–Trinajstić information content (AvgIpc) is 3.09. The monoisotopic (exact) mass is 332 g/mol. The number of nitrogens with zero attached hydrogens (tertiary/aromatic N) is 1. The molecule has 0 radical (unpaired) electrons. The predicted octanol–water partition coefficient (Wildman–Crippen LogP) is 3.45. The van der Waals surface area contributed by atoms with Gasteiger partial charge >= 0.3 is 0 Å². The van der Waals surface area contributed by atoms with E-state index < -0.39 is 0 Å². The van der Waals surface area contributed by atoms with Crippen LogP contribution in [0.5, 0.6) is 5.75 Å². The Morgan fingerprint density at radius 1 is 1.33 bits per heavy atom. The lowest BCUT2D eigenvalue weighted by molar-refractivity contribution is -0.133. The Labute approximate surface area is 146 Å². The highest BCUT2D eigenvalue weighted by Crippen LogP contribution is 2.19. The Hall–Kier alpha value is -1.55. The van der Waals surface area contributed by atoms with Gasteiger partial charge in [0.25, 0.3) is 0 Å². The number of unbranched alkanes of at least 4 members (excludes halogenated alkanes) is 1. The first-order chi connectivity index (χ1) is 11.6. The molecule has 1 atom stereocenters. The molecule has 1 amide bonds. The molecule has 1 heterocycles. The SMILES string of the molecule is CCCN(C(=O)CCCCOc1cc(C)ccc1C)C1CCNC1. The zero-order valence-electron chi connectivity index (χ0n) is 15.4. The molecule has 0 bridgehead atoms. The molecule has 2 rings (SSSR count). The lowest BCUT2D eigenvalue weighted by Gasteiger charge is -2.28. The first-order valence-corrected chi connectivity index (χ1v) is 9.32. The molecule has 0 spiro atoms. The van der Waals surface area contributed by atoms with Gasteiger partial charge in [0.15, 0.2) is 0 Å². The molecule has 4 nitrogen and oxygen atoms in total. The second-order valence-corrected chi connectivity index (χ2v) is 6.81. The number of benzene rings is 1. The fourth-order valence-electron chi connectivity index (χ4n) is 3.22. The molecule has 0 aliphatic carbocycles. The van der Waals surface area contributed by atoms with Crippen LogP contribution in [-0.2, 0) is 4.79 Å². The fraction of sp³-hybridized carbons (Fsp3) is 0.650. The minimum absolute atomic E-state index is 0.303. The summed E-state index contributed by atoms with van der Waals surface area (Å²) in [6.45, 7) is 9.81. The number of hydrogen-bond donors (Lipinski definition) is 1. The number of amides is 1. The summed E-state index contributed by atoms with van der Waals surface area (Å²) in [5.41, 5.74) is 2.38. The first-order valence-electron chi connectivity index (χ1n) is 9.32. The Morgan fingerprint density at radius 2 is 2.17 bits per heavy atom. The molecular formula is C20H32N2O2. The van der Waals surface area contributed by atoms with Crippen LogP contribution >= 0.6 is 0 Å². The van der Waals surface area contributed by atoms with E-state index >= 15 is 0 Å². The number of carbonyl (C=O) groups excluding carboxylic acids is 1. The van der Waals surface area contributed by atoms with Gasteiger partial charge in [-0.1, -0.05) is 19.1 Å². The van der Waals surface area contributed by atoms with Crippen molar-refractivity contribution in [1.82, 2.24) is 10.2 Å². The van der Waals surface area contributed by atoms with E-state index in [-0.39, 0.29) is 0 Å². The topological polar surface area (TPSA) is 41.6 Å². The van der Waals surface area contributed by atoms with Gasteiger partial charge in [-0.2, -0.15) is 0 Å². The average molecular weight is 332 g/mol. The third-order valence-electron chi connectivity index (χ3n) is 4.65. The van der Waals surface area contributed by atoms with E-state index in [2.05, 4.69) is 49.2 Å². The van der Waals surface area contributed by atoms with Crippen LogP contribution in [0.4, 0.5) is 0 Å². The minimum Gasteiger partial charge on any atom is -0.493 e. The first kappa shape index (κ1) is 18.8. The maximum atomic E-state index is 12.5. The van der Waals surface area contributed by atoms with E-state index in [1.807, 2.05) is 0 Å². The highest BCUT2D eigenvalue weighted by atomic mass is 16.5. The molecule has 1 aromatic carbocycles. The summed E-state index contributed by atoms with van der Waals surface area (Å²) >= 11 is 0. The molecule has 1 fully saturated rings. The van der Waals surface area contributed by atoms with Gasteiger partial charge in [-0.15, -0.1) is 0 Å². The zero-order valence-corrected chi connectivity index (χ0v) is 15.4. The maximum absolute atomic E-state index is 12.5. The molecule has 134 valence electrons. The number of ether oxygens (including phenoxy) is 1. The third-order valence-corrected chi connectivity index (χ3v) is 4.65. The van der Waals surface area contributed by atoms with Gasteiger partial charge in [0.2, 0.25) is 5.91 Å². The van der Waals surface area contributed by atoms with E-state index in [0.29, 0.717) is 25.0 Å². The highest BCUT2D eigenvalue weighted by Gasteiger charge is 2.25. The summed E-state index contributed by atoms with van der Waals surface area (Å²) in [6.07, 6.45) is 4.55. The fourth-order valence-corrected chi connectivity index (χ4v) is 3.22. The number of carbonyl (C=O) groups is 1. The van der Waals surface area contributed by atoms with Crippen LogP contribution in [0.25, 0.3) is 0 Å². The van der Waals surface area contributed by atoms with E-state index in [1.54, 1.807) is 0 Å². The van der Waals surface area contributed by atoms with Crippen molar-refractivity contribution in [2.75, 3.05) is 26.2 Å². The van der Waals surface area contributed by atoms with Gasteiger partial charge in [-0.25, -0.2) is 0 Å². The molecule has 1 unspecified atom stereocenters. The van der Waals surface area contributed by atoms with Crippen LogP contribution in [0.15, 0.2) is 18.2 Å². The van der Waals surface area contributed by atoms with E-state index in [4.69, 9.17) is 4.74 Å². The minimum atomic E-state index is 0.303. The van der Waals surface area contributed by atoms with E-state index in [9.17, 15) is 4.79 Å². The smallest absolute Gasteiger partial charge is 0.222 e. The summed E-state index contributed by atoms with van der Waals surface area (Å²) in [4.78, 5) is 14.6. The van der Waals surface area contributed by atoms with Gasteiger partial charge in [0.05, 0.1) is 6.61 Å². The molecule has 4 heteroatoms. The Bertz CT molecular complexity index is 524. The van der Waals surface area contributed by atoms with Crippen LogP contribution < -0.4 is 10.1 Å². The molecule has 1 N–H and O–H groups in total. The molecule has 1 aliphatic rings. The largest absolute Gasteiger partial charge is 0.493 e. The molecule has 0 saturated carbocycles. The number of rotatable bonds is 9. The van der Waals surface area contributed by atoms with Crippen LogP contribution in [0.1, 0.15) is 50.2 Å². The summed E-state index contributed by atoms with van der Waals surface area (Å²) in [7, 11) is 0. The molecule has 1 aliphatic heterocycles. The van der Waals surface area contributed by atoms with Gasteiger partial charge in [0, 0.05) is 25.6 Å². The highest BCUT2D eigenvalue weighted by molar-refractivity contribution is 5.76. The van der Waals surface area contributed by atoms with Crippen molar-refractivity contribution in [1.29, 1.82) is 0 Å². The van der Waals surface area contributed by atoms with Gasteiger partial charge < -0.3 is 15.0 Å². The van der Waals surface area contributed by atoms with Crippen molar-refractivity contribution in [2.24, 2.45) is 0 Å². The van der Waals surface area contributed by atoms with Crippen LogP contribution in [0.2, 0.25) is 0 Å². The van der Waals surface area contributed by atoms with Crippen LogP contribution in [0.3, 0.4) is 0 Å². The van der Waals surface area contributed by atoms with Gasteiger partial charge in [-0.05, 0) is 63.3 Å². The summed E-state index contributed by atoms with van der Waals surface area (Å²) < 4.78 is 5.87. The Kier molecular flexibility index (Phi) is 7.57. The van der Waals surface area contributed by atoms with Crippen molar-refractivity contribution >= 4 is 5.91 Å². The second kappa shape index (κ2) is 9.67. The van der Waals surface area contributed by atoms with Crippen molar-refractivity contribution in [3.8, 4) is 5.75 Å². The summed E-state index contributed by atoms with van der Waals surface area (Å²) in [5, 5.41) is 3.36. The van der Waals surface area contributed by atoms with Crippen molar-refractivity contribution in [3.63, 3.8) is 0 Å². The molecule has 24 heavy (non-hydrogen) atoms. The van der Waals surface area contributed by atoms with Crippen LogP contribution in [0, 0.1) is 13.8 Å². The Morgan fingerprint density at radius 3 is 2.88 bits per heavy atom. The quantitative estimate of drug-likeness (QED) is 0.704. The molecule has 0 aromatic heterocycles. The molecule has 1 saturated heterocycles. The predicted molar refractivity (Wildman–Crippen MR) is 98.5 cm³/mol. The third kappa shape index (κ3) is 5.52. The standard InChI is InChI=1S/C20H32N2O2/c1-4-12-22(18-10-11-21-15-18)20(23)7-5-6-13-24-19-14-16(2)8-9-17(19)3/h8-9,14,18,21H,4-7,10-13,15H2,1-3H3. The second-order valence-electron chi connectivity index (χ2n) is 6.81. The zero-order chi connectivity index (χ0) is 17.4. The van der Waals surface area contributed by atoms with Gasteiger partial charge in [0.1, 0.15) is 5.75 Å². The summed E-state index contributed by atoms with van der Waals surface area (Å²) in [6, 6.07) is 6.66. The van der Waals surface area contributed by atoms with Crippen molar-refractivity contribution in [2.45, 2.75) is 58.9 Å². The number of aryl methyl sites for hydroxylation is 2.